The van der Waals surface area contributed by atoms with Crippen molar-refractivity contribution >= 4 is 11.8 Å². The molecule has 3 N–H and O–H groups in total. The zero-order chi connectivity index (χ0) is 13.4. The van der Waals surface area contributed by atoms with E-state index in [-0.39, 0.29) is 11.7 Å². The lowest BCUT2D eigenvalue weighted by molar-refractivity contribution is 0.642. The summed E-state index contributed by atoms with van der Waals surface area (Å²) in [6.45, 7) is 1.93. The molecule has 1 saturated carbocycles. The van der Waals surface area contributed by atoms with Crippen LogP contribution < -0.4 is 11.4 Å². The van der Waals surface area contributed by atoms with Crippen molar-refractivity contribution in [3.63, 3.8) is 0 Å². The average Bonchev–Trinajstić information content (AvgIpc) is 3.15. The second kappa shape index (κ2) is 4.82. The predicted octanol–water partition coefficient (Wildman–Crippen LogP) is 1.47. The van der Waals surface area contributed by atoms with E-state index in [1.54, 1.807) is 10.8 Å². The van der Waals surface area contributed by atoms with E-state index in [1.807, 2.05) is 19.1 Å². The van der Waals surface area contributed by atoms with Gasteiger partial charge in [0.05, 0.1) is 0 Å². The van der Waals surface area contributed by atoms with Gasteiger partial charge in [0.15, 0.2) is 5.16 Å². The Morgan fingerprint density at radius 2 is 2.37 bits per heavy atom. The number of nitrogens with two attached hydrogens (primary N) is 1. The van der Waals surface area contributed by atoms with Gasteiger partial charge in [0.25, 0.3) is 0 Å². The van der Waals surface area contributed by atoms with E-state index < -0.39 is 0 Å². The third-order valence-corrected chi connectivity index (χ3v) is 3.97. The molecule has 0 aromatic carbocycles. The van der Waals surface area contributed by atoms with Gasteiger partial charge in [-0.1, -0.05) is 0 Å². The molecule has 7 heteroatoms. The highest BCUT2D eigenvalue weighted by Crippen LogP contribution is 2.37. The highest BCUT2D eigenvalue weighted by atomic mass is 32.2. The molecule has 6 nitrogen and oxygen atoms in total. The summed E-state index contributed by atoms with van der Waals surface area (Å²) >= 11 is 1.39. The molecular formula is C12H15N5OS. The maximum atomic E-state index is 11.7. The van der Waals surface area contributed by atoms with Crippen LogP contribution in [0.2, 0.25) is 0 Å². The highest BCUT2D eigenvalue weighted by Gasteiger charge is 2.28. The molecule has 2 aromatic rings. The molecule has 0 unspecified atom stereocenters. The monoisotopic (exact) mass is 277 g/mol. The van der Waals surface area contributed by atoms with Crippen LogP contribution in [0.15, 0.2) is 33.3 Å². The number of aromatic amines is 1. The summed E-state index contributed by atoms with van der Waals surface area (Å²) < 4.78 is 1.71. The number of nitrogens with zero attached hydrogens (tertiary/aromatic N) is 3. The Labute approximate surface area is 114 Å². The van der Waals surface area contributed by atoms with Gasteiger partial charge >= 0.3 is 5.69 Å². The molecular weight excluding hydrogens is 262 g/mol. The molecule has 0 radical (unpaired) electrons. The molecule has 2 aromatic heterocycles. The second-order valence-electron chi connectivity index (χ2n) is 4.73. The molecule has 100 valence electrons. The zero-order valence-electron chi connectivity index (χ0n) is 10.5. The van der Waals surface area contributed by atoms with Gasteiger partial charge in [-0.15, -0.1) is 5.10 Å². The van der Waals surface area contributed by atoms with Crippen molar-refractivity contribution in [1.82, 2.24) is 19.7 Å². The smallest absolute Gasteiger partial charge is 0.324 e. The third-order valence-electron chi connectivity index (χ3n) is 3.06. The summed E-state index contributed by atoms with van der Waals surface area (Å²) in [4.78, 5) is 16.0. The van der Waals surface area contributed by atoms with Crippen LogP contribution in [0.3, 0.4) is 0 Å². The molecule has 0 spiro atoms. The summed E-state index contributed by atoms with van der Waals surface area (Å²) in [5.74, 6) is 0. The van der Waals surface area contributed by atoms with Crippen molar-refractivity contribution in [3.05, 3.63) is 34.4 Å². The molecule has 0 saturated heterocycles. The molecule has 1 fully saturated rings. The van der Waals surface area contributed by atoms with Crippen molar-refractivity contribution < 1.29 is 0 Å². The van der Waals surface area contributed by atoms with Gasteiger partial charge in [-0.2, -0.15) is 0 Å². The first-order valence-electron chi connectivity index (χ1n) is 6.21. The fourth-order valence-corrected chi connectivity index (χ4v) is 2.79. The number of rotatable bonds is 4. The number of aromatic nitrogens is 4. The Balaban J connectivity index is 1.89. The first-order valence-corrected chi connectivity index (χ1v) is 7.03. The number of H-pyrrole nitrogens is 1. The van der Waals surface area contributed by atoms with Gasteiger partial charge in [-0.25, -0.2) is 14.9 Å². The maximum absolute atomic E-state index is 11.7. The fraction of sp³-hybridized carbons (Fsp3) is 0.417. The van der Waals surface area contributed by atoms with Crippen molar-refractivity contribution in [1.29, 1.82) is 0 Å². The molecule has 0 aliphatic heterocycles. The van der Waals surface area contributed by atoms with Gasteiger partial charge in [0.1, 0.15) is 5.03 Å². The largest absolute Gasteiger partial charge is 0.344 e. The van der Waals surface area contributed by atoms with E-state index >= 15 is 0 Å². The minimum atomic E-state index is -0.145. The number of hydrogen-bond donors (Lipinski definition) is 2. The summed E-state index contributed by atoms with van der Waals surface area (Å²) in [7, 11) is 0. The lowest BCUT2D eigenvalue weighted by Crippen LogP contribution is -2.16. The minimum Gasteiger partial charge on any atom is -0.324 e. The Morgan fingerprint density at radius 3 is 3.05 bits per heavy atom. The van der Waals surface area contributed by atoms with Gasteiger partial charge in [0, 0.05) is 18.3 Å². The SMILES string of the molecule is C[C@@H](N)c1ccnc(Sc2n[nH]c(=O)n2C2CC2)c1. The van der Waals surface area contributed by atoms with Crippen LogP contribution in [0.25, 0.3) is 0 Å². The summed E-state index contributed by atoms with van der Waals surface area (Å²) in [5, 5.41) is 8.03. The molecule has 0 bridgehead atoms. The number of pyridine rings is 1. The fourth-order valence-electron chi connectivity index (χ4n) is 1.87. The van der Waals surface area contributed by atoms with Crippen LogP contribution in [0.4, 0.5) is 0 Å². The molecule has 1 aliphatic carbocycles. The van der Waals surface area contributed by atoms with Crippen LogP contribution in [0, 0.1) is 0 Å². The first-order chi connectivity index (χ1) is 9.15. The minimum absolute atomic E-state index is 0.0350. The second-order valence-corrected chi connectivity index (χ2v) is 5.72. The van der Waals surface area contributed by atoms with Crippen LogP contribution in [-0.2, 0) is 0 Å². The van der Waals surface area contributed by atoms with Crippen LogP contribution in [-0.4, -0.2) is 19.7 Å². The van der Waals surface area contributed by atoms with E-state index in [2.05, 4.69) is 15.2 Å². The quantitative estimate of drug-likeness (QED) is 0.883. The Morgan fingerprint density at radius 1 is 1.58 bits per heavy atom. The Kier molecular flexibility index (Phi) is 3.16. The van der Waals surface area contributed by atoms with Crippen molar-refractivity contribution in [2.24, 2.45) is 5.73 Å². The van der Waals surface area contributed by atoms with E-state index in [1.165, 1.54) is 11.8 Å². The van der Waals surface area contributed by atoms with Crippen molar-refractivity contribution in [2.75, 3.05) is 0 Å². The van der Waals surface area contributed by atoms with Gasteiger partial charge in [-0.3, -0.25) is 4.57 Å². The topological polar surface area (TPSA) is 89.6 Å². The zero-order valence-corrected chi connectivity index (χ0v) is 11.4. The molecule has 3 rings (SSSR count). The molecule has 19 heavy (non-hydrogen) atoms. The Bertz CT molecular complexity index is 644. The maximum Gasteiger partial charge on any atom is 0.344 e. The number of nitrogens with one attached hydrogen (secondary N) is 1. The first kappa shape index (κ1) is 12.4. The van der Waals surface area contributed by atoms with Gasteiger partial charge < -0.3 is 5.73 Å². The lowest BCUT2D eigenvalue weighted by Gasteiger charge is -2.07. The van der Waals surface area contributed by atoms with Crippen molar-refractivity contribution in [2.45, 2.75) is 42.0 Å². The molecule has 1 aliphatic rings. The summed E-state index contributed by atoms with van der Waals surface area (Å²) in [5.41, 5.74) is 6.73. The highest BCUT2D eigenvalue weighted by molar-refractivity contribution is 7.99. The molecule has 0 amide bonds. The van der Waals surface area contributed by atoms with Gasteiger partial charge in [-0.05, 0) is 49.2 Å². The third kappa shape index (κ3) is 2.57. The summed E-state index contributed by atoms with van der Waals surface area (Å²) in [6.07, 6.45) is 3.81. The molecule has 2 heterocycles. The van der Waals surface area contributed by atoms with Gasteiger partial charge in [0.2, 0.25) is 0 Å². The van der Waals surface area contributed by atoms with Crippen LogP contribution in [0.5, 0.6) is 0 Å². The standard InChI is InChI=1S/C12H15N5OS/c1-7(13)8-4-5-14-10(6-8)19-12-16-15-11(18)17(12)9-2-3-9/h4-7,9H,2-3,13H2,1H3,(H,15,18)/t7-/m1/s1. The van der Waals surface area contributed by atoms with E-state index in [9.17, 15) is 4.79 Å². The number of hydrogen-bond acceptors (Lipinski definition) is 5. The van der Waals surface area contributed by atoms with Crippen LogP contribution >= 0.6 is 11.8 Å². The molecule has 1 atom stereocenters. The van der Waals surface area contributed by atoms with E-state index in [0.29, 0.717) is 11.2 Å². The van der Waals surface area contributed by atoms with Crippen LogP contribution in [0.1, 0.15) is 37.4 Å². The van der Waals surface area contributed by atoms with E-state index in [0.717, 1.165) is 23.4 Å². The average molecular weight is 277 g/mol. The van der Waals surface area contributed by atoms with Crippen molar-refractivity contribution in [3.8, 4) is 0 Å². The predicted molar refractivity (Wildman–Crippen MR) is 72.1 cm³/mol. The Hall–Kier alpha value is -1.60. The van der Waals surface area contributed by atoms with E-state index in [4.69, 9.17) is 5.73 Å². The lowest BCUT2D eigenvalue weighted by atomic mass is 10.1. The summed E-state index contributed by atoms with van der Waals surface area (Å²) in [6, 6.07) is 4.09. The normalized spacial score (nSPS) is 16.5.